The molecule has 1 heterocycles. The van der Waals surface area contributed by atoms with Crippen molar-refractivity contribution < 1.29 is 32.4 Å². The number of aryl methyl sites for hydroxylation is 1. The molecule has 0 aromatic heterocycles. The summed E-state index contributed by atoms with van der Waals surface area (Å²) in [6.45, 7) is 4.44. The number of benzene rings is 2. The lowest BCUT2D eigenvalue weighted by Gasteiger charge is -2.30. The van der Waals surface area contributed by atoms with Crippen molar-refractivity contribution in [2.75, 3.05) is 0 Å². The van der Waals surface area contributed by atoms with Crippen molar-refractivity contribution >= 4 is 33.7 Å². The lowest BCUT2D eigenvalue weighted by Crippen LogP contribution is -2.31. The van der Waals surface area contributed by atoms with E-state index in [2.05, 4.69) is 5.32 Å². The standard InChI is InChI=1S/C23H22ClNO7S/c1-12-4-8-17(9-5-12)33(30,31)32-11-15-6-7-16(24)10-18(15)21-19(22(26)27)13(2)25-14(3)20(21)23(28)29/h4-10,21,25H,11H2,1-3H3,(H,26,27)(H,28,29). The molecule has 0 radical (unpaired) electrons. The van der Waals surface area contributed by atoms with E-state index in [0.717, 1.165) is 5.56 Å². The molecule has 0 bridgehead atoms. The molecule has 0 saturated carbocycles. The molecule has 0 amide bonds. The molecule has 10 heteroatoms. The van der Waals surface area contributed by atoms with Crippen LogP contribution in [0.25, 0.3) is 0 Å². The molecule has 3 N–H and O–H groups in total. The van der Waals surface area contributed by atoms with E-state index >= 15 is 0 Å². The second kappa shape index (κ2) is 9.38. The zero-order chi connectivity index (χ0) is 24.5. The SMILES string of the molecule is CC1=C(C(=O)O)C(c2cc(Cl)ccc2COS(=O)(=O)c2ccc(C)cc2)C(C(=O)O)=C(C)N1. The second-order valence-corrected chi connectivity index (χ2v) is 9.67. The molecule has 33 heavy (non-hydrogen) atoms. The van der Waals surface area contributed by atoms with Crippen LogP contribution in [-0.4, -0.2) is 30.6 Å². The topological polar surface area (TPSA) is 130 Å². The third-order valence-corrected chi connectivity index (χ3v) is 6.83. The predicted octanol–water partition coefficient (Wildman–Crippen LogP) is 3.96. The molecule has 1 aliphatic heterocycles. The first-order chi connectivity index (χ1) is 15.4. The number of hydrogen-bond acceptors (Lipinski definition) is 6. The zero-order valence-corrected chi connectivity index (χ0v) is 19.6. The lowest BCUT2D eigenvalue weighted by atomic mass is 9.79. The van der Waals surface area contributed by atoms with Gasteiger partial charge in [0.15, 0.2) is 0 Å². The van der Waals surface area contributed by atoms with Crippen LogP contribution in [0.5, 0.6) is 0 Å². The van der Waals surface area contributed by atoms with Gasteiger partial charge in [-0.3, -0.25) is 4.18 Å². The molecule has 2 aromatic carbocycles. The highest BCUT2D eigenvalue weighted by atomic mass is 35.5. The number of nitrogens with one attached hydrogen (secondary N) is 1. The van der Waals surface area contributed by atoms with Crippen molar-refractivity contribution in [1.82, 2.24) is 5.32 Å². The van der Waals surface area contributed by atoms with Crippen LogP contribution in [-0.2, 0) is 30.5 Å². The summed E-state index contributed by atoms with van der Waals surface area (Å²) in [6.07, 6.45) is 0. The van der Waals surface area contributed by atoms with E-state index in [4.69, 9.17) is 15.8 Å². The van der Waals surface area contributed by atoms with Crippen molar-refractivity contribution in [1.29, 1.82) is 0 Å². The second-order valence-electron chi connectivity index (χ2n) is 7.62. The maximum Gasteiger partial charge on any atom is 0.334 e. The molecule has 0 aliphatic carbocycles. The quantitative estimate of drug-likeness (QED) is 0.496. The van der Waals surface area contributed by atoms with Crippen molar-refractivity contribution in [2.45, 2.75) is 38.2 Å². The number of carbonyl (C=O) groups is 2. The summed E-state index contributed by atoms with van der Waals surface area (Å²) in [5, 5.41) is 22.7. The van der Waals surface area contributed by atoms with E-state index < -0.39 is 34.6 Å². The highest BCUT2D eigenvalue weighted by Gasteiger charge is 2.37. The third-order valence-electron chi connectivity index (χ3n) is 5.32. The Morgan fingerprint density at radius 3 is 2.03 bits per heavy atom. The van der Waals surface area contributed by atoms with Gasteiger partial charge < -0.3 is 15.5 Å². The normalized spacial score (nSPS) is 14.9. The van der Waals surface area contributed by atoms with Crippen molar-refractivity contribution in [3.05, 3.63) is 86.7 Å². The minimum Gasteiger partial charge on any atom is -0.478 e. The van der Waals surface area contributed by atoms with Gasteiger partial charge in [0.05, 0.1) is 28.6 Å². The number of hydrogen-bond donors (Lipinski definition) is 3. The van der Waals surface area contributed by atoms with Gasteiger partial charge in [0, 0.05) is 16.4 Å². The number of carboxylic acid groups (broad SMARTS) is 2. The summed E-state index contributed by atoms with van der Waals surface area (Å²) in [6, 6.07) is 10.5. The molecular weight excluding hydrogens is 470 g/mol. The monoisotopic (exact) mass is 491 g/mol. The minimum atomic E-state index is -4.12. The van der Waals surface area contributed by atoms with Gasteiger partial charge in [-0.25, -0.2) is 9.59 Å². The molecule has 0 fully saturated rings. The first-order valence-electron chi connectivity index (χ1n) is 9.82. The van der Waals surface area contributed by atoms with Gasteiger partial charge in [0.2, 0.25) is 0 Å². The molecule has 2 aromatic rings. The number of aliphatic carboxylic acids is 2. The van der Waals surface area contributed by atoms with E-state index in [9.17, 15) is 28.2 Å². The smallest absolute Gasteiger partial charge is 0.334 e. The Balaban J connectivity index is 2.09. The van der Waals surface area contributed by atoms with Gasteiger partial charge in [0.25, 0.3) is 10.1 Å². The Morgan fingerprint density at radius 2 is 1.52 bits per heavy atom. The van der Waals surface area contributed by atoms with E-state index in [0.29, 0.717) is 5.56 Å². The Hall–Kier alpha value is -3.14. The van der Waals surface area contributed by atoms with Gasteiger partial charge in [-0.1, -0.05) is 35.4 Å². The Labute approximate surface area is 196 Å². The van der Waals surface area contributed by atoms with Crippen LogP contribution in [0.1, 0.15) is 36.5 Å². The average molecular weight is 492 g/mol. The lowest BCUT2D eigenvalue weighted by molar-refractivity contribution is -0.133. The van der Waals surface area contributed by atoms with Crippen LogP contribution in [0, 0.1) is 6.92 Å². The van der Waals surface area contributed by atoms with Crippen molar-refractivity contribution in [3.8, 4) is 0 Å². The Bertz CT molecular complexity index is 1260. The molecule has 0 saturated heterocycles. The zero-order valence-electron chi connectivity index (χ0n) is 18.0. The fourth-order valence-corrected chi connectivity index (χ4v) is 4.82. The summed E-state index contributed by atoms with van der Waals surface area (Å²) in [5.74, 6) is -3.81. The van der Waals surface area contributed by atoms with E-state index in [1.54, 1.807) is 12.1 Å². The van der Waals surface area contributed by atoms with Crippen LogP contribution >= 0.6 is 11.6 Å². The Morgan fingerprint density at radius 1 is 0.970 bits per heavy atom. The maximum atomic E-state index is 12.7. The fourth-order valence-electron chi connectivity index (χ4n) is 3.75. The predicted molar refractivity (Wildman–Crippen MR) is 121 cm³/mol. The molecule has 0 spiro atoms. The molecule has 1 aliphatic rings. The molecule has 174 valence electrons. The summed E-state index contributed by atoms with van der Waals surface area (Å²) < 4.78 is 30.6. The van der Waals surface area contributed by atoms with Crippen LogP contribution in [0.2, 0.25) is 5.02 Å². The van der Waals surface area contributed by atoms with Crippen LogP contribution in [0.15, 0.2) is 69.9 Å². The number of dihydropyridines is 1. The first kappa shape index (κ1) is 24.5. The summed E-state index contributed by atoms with van der Waals surface area (Å²) in [4.78, 5) is 24.1. The third kappa shape index (κ3) is 5.11. The first-order valence-corrected chi connectivity index (χ1v) is 11.6. The number of allylic oxidation sites excluding steroid dienone is 2. The average Bonchev–Trinajstić information content (AvgIpc) is 2.72. The Kier molecular flexibility index (Phi) is 6.97. The highest BCUT2D eigenvalue weighted by molar-refractivity contribution is 7.86. The minimum absolute atomic E-state index is 0.0330. The van der Waals surface area contributed by atoms with Gasteiger partial charge in [-0.05, 0) is 56.2 Å². The van der Waals surface area contributed by atoms with E-state index in [1.807, 2.05) is 6.92 Å². The molecule has 8 nitrogen and oxygen atoms in total. The van der Waals surface area contributed by atoms with Crippen LogP contribution in [0.3, 0.4) is 0 Å². The largest absolute Gasteiger partial charge is 0.478 e. The van der Waals surface area contributed by atoms with Gasteiger partial charge in [-0.2, -0.15) is 8.42 Å². The van der Waals surface area contributed by atoms with Crippen LogP contribution in [0.4, 0.5) is 0 Å². The number of rotatable bonds is 7. The molecule has 3 rings (SSSR count). The van der Waals surface area contributed by atoms with E-state index in [-0.39, 0.29) is 38.0 Å². The van der Waals surface area contributed by atoms with Crippen molar-refractivity contribution in [2.24, 2.45) is 0 Å². The van der Waals surface area contributed by atoms with Gasteiger partial charge in [-0.15, -0.1) is 0 Å². The van der Waals surface area contributed by atoms with E-state index in [1.165, 1.54) is 44.2 Å². The summed E-state index contributed by atoms with van der Waals surface area (Å²) >= 11 is 6.16. The van der Waals surface area contributed by atoms with Crippen molar-refractivity contribution in [3.63, 3.8) is 0 Å². The number of carboxylic acids is 2. The molecule has 0 unspecified atom stereocenters. The highest BCUT2D eigenvalue weighted by Crippen LogP contribution is 2.41. The summed E-state index contributed by atoms with van der Waals surface area (Å²) in [7, 11) is -4.12. The summed E-state index contributed by atoms with van der Waals surface area (Å²) in [5.41, 5.74) is 1.59. The van der Waals surface area contributed by atoms with Crippen LogP contribution < -0.4 is 5.32 Å². The maximum absolute atomic E-state index is 12.7. The fraction of sp³-hybridized carbons (Fsp3) is 0.217. The van der Waals surface area contributed by atoms with Gasteiger partial charge in [0.1, 0.15) is 0 Å². The van der Waals surface area contributed by atoms with Gasteiger partial charge >= 0.3 is 11.9 Å². The molecule has 0 atom stereocenters. The molecular formula is C23H22ClNO7S. The number of halogens is 1.